The molecule has 0 unspecified atom stereocenters. The predicted molar refractivity (Wildman–Crippen MR) is 51.7 cm³/mol. The molecule has 0 amide bonds. The minimum Gasteiger partial charge on any atom is -0.394 e. The van der Waals surface area contributed by atoms with Crippen LogP contribution >= 0.6 is 0 Å². The largest absolute Gasteiger partial charge is 0.405 e. The normalized spacial score (nSPS) is 11.9. The molecule has 0 aliphatic heterocycles. The molecule has 0 aromatic carbocycles. The summed E-state index contributed by atoms with van der Waals surface area (Å²) in [7, 11) is 2.89. The number of alkyl halides is 3. The third kappa shape index (κ3) is 2.54. The zero-order chi connectivity index (χ0) is 11.8. The van der Waals surface area contributed by atoms with Gasteiger partial charge in [0.25, 0.3) is 0 Å². The Labute approximate surface area is 85.5 Å². The summed E-state index contributed by atoms with van der Waals surface area (Å²) in [5.41, 5.74) is 6.44. The van der Waals surface area contributed by atoms with Crippen LogP contribution in [0.2, 0.25) is 0 Å². The number of hydrogen-bond donors (Lipinski definition) is 1. The van der Waals surface area contributed by atoms with Gasteiger partial charge in [-0.3, -0.25) is 4.68 Å². The standard InChI is InChI=1S/C8H13F3N4/c1-5-6(12)7(15(3)13-5)14(2)4-8(9,10)11/h4,12H2,1-3H3. The lowest BCUT2D eigenvalue weighted by atomic mass is 10.3. The highest BCUT2D eigenvalue weighted by Gasteiger charge is 2.31. The van der Waals surface area contributed by atoms with Crippen molar-refractivity contribution in [3.05, 3.63) is 5.69 Å². The molecule has 1 heterocycles. The van der Waals surface area contributed by atoms with E-state index < -0.39 is 12.7 Å². The average Bonchev–Trinajstić information content (AvgIpc) is 2.22. The van der Waals surface area contributed by atoms with Gasteiger partial charge >= 0.3 is 6.18 Å². The molecule has 2 N–H and O–H groups in total. The Hall–Kier alpha value is -1.40. The number of nitrogens with zero attached hydrogens (tertiary/aromatic N) is 3. The molecule has 7 heteroatoms. The van der Waals surface area contributed by atoms with Crippen molar-refractivity contribution in [2.75, 3.05) is 24.2 Å². The quantitative estimate of drug-likeness (QED) is 0.820. The zero-order valence-corrected chi connectivity index (χ0v) is 8.76. The van der Waals surface area contributed by atoms with Crippen LogP contribution in [0.5, 0.6) is 0 Å². The van der Waals surface area contributed by atoms with Gasteiger partial charge in [0, 0.05) is 14.1 Å². The first-order valence-corrected chi connectivity index (χ1v) is 4.29. The Kier molecular flexibility index (Phi) is 2.83. The zero-order valence-electron chi connectivity index (χ0n) is 8.76. The van der Waals surface area contributed by atoms with Crippen molar-refractivity contribution in [3.63, 3.8) is 0 Å². The Morgan fingerprint density at radius 2 is 2.00 bits per heavy atom. The molecule has 0 atom stereocenters. The second-order valence-electron chi connectivity index (χ2n) is 3.42. The highest BCUT2D eigenvalue weighted by atomic mass is 19.4. The average molecular weight is 222 g/mol. The minimum absolute atomic E-state index is 0.282. The number of aromatic nitrogens is 2. The lowest BCUT2D eigenvalue weighted by Crippen LogP contribution is -2.32. The molecule has 0 aliphatic rings. The van der Waals surface area contributed by atoms with Crippen molar-refractivity contribution < 1.29 is 13.2 Å². The van der Waals surface area contributed by atoms with Crippen LogP contribution in [0, 0.1) is 6.92 Å². The molecule has 0 saturated heterocycles. The van der Waals surface area contributed by atoms with E-state index in [9.17, 15) is 13.2 Å². The fourth-order valence-electron chi connectivity index (χ4n) is 1.46. The first-order valence-electron chi connectivity index (χ1n) is 4.29. The van der Waals surface area contributed by atoms with Crippen molar-refractivity contribution >= 4 is 11.5 Å². The molecular weight excluding hydrogens is 209 g/mol. The third-order valence-corrected chi connectivity index (χ3v) is 2.02. The number of aryl methyl sites for hydroxylation is 2. The van der Waals surface area contributed by atoms with Crippen LogP contribution in [0.3, 0.4) is 0 Å². The monoisotopic (exact) mass is 222 g/mol. The van der Waals surface area contributed by atoms with E-state index in [2.05, 4.69) is 5.10 Å². The summed E-state index contributed by atoms with van der Waals surface area (Å²) in [6.45, 7) is 0.608. The van der Waals surface area contributed by atoms with Crippen LogP contribution in [-0.4, -0.2) is 29.5 Å². The molecule has 86 valence electrons. The van der Waals surface area contributed by atoms with E-state index in [4.69, 9.17) is 5.73 Å². The summed E-state index contributed by atoms with van der Waals surface area (Å²) in [5.74, 6) is 0.282. The number of hydrogen-bond acceptors (Lipinski definition) is 3. The summed E-state index contributed by atoms with van der Waals surface area (Å²) in [4.78, 5) is 1.04. The lowest BCUT2D eigenvalue weighted by Gasteiger charge is -2.21. The molecular formula is C8H13F3N4. The molecule has 1 aromatic heterocycles. The number of rotatable bonds is 2. The molecule has 1 rings (SSSR count). The number of nitrogen functional groups attached to an aromatic ring is 1. The van der Waals surface area contributed by atoms with Crippen molar-refractivity contribution in [3.8, 4) is 0 Å². The Morgan fingerprint density at radius 1 is 1.47 bits per heavy atom. The molecule has 15 heavy (non-hydrogen) atoms. The topological polar surface area (TPSA) is 47.1 Å². The minimum atomic E-state index is -4.25. The number of nitrogens with two attached hydrogens (primary N) is 1. The summed E-state index contributed by atoms with van der Waals surface area (Å²) >= 11 is 0. The summed E-state index contributed by atoms with van der Waals surface area (Å²) < 4.78 is 37.8. The van der Waals surface area contributed by atoms with E-state index >= 15 is 0 Å². The first-order chi connectivity index (χ1) is 6.72. The van der Waals surface area contributed by atoms with E-state index in [-0.39, 0.29) is 11.5 Å². The maximum absolute atomic E-state index is 12.1. The van der Waals surface area contributed by atoms with Gasteiger partial charge in [0.05, 0.1) is 11.4 Å². The third-order valence-electron chi connectivity index (χ3n) is 2.02. The van der Waals surface area contributed by atoms with Crippen LogP contribution < -0.4 is 10.6 Å². The van der Waals surface area contributed by atoms with Gasteiger partial charge in [-0.2, -0.15) is 18.3 Å². The number of anilines is 2. The van der Waals surface area contributed by atoms with Gasteiger partial charge in [-0.05, 0) is 6.92 Å². The maximum atomic E-state index is 12.1. The van der Waals surface area contributed by atoms with Gasteiger partial charge in [0.1, 0.15) is 12.4 Å². The molecule has 0 radical (unpaired) electrons. The fraction of sp³-hybridized carbons (Fsp3) is 0.625. The van der Waals surface area contributed by atoms with Crippen LogP contribution in [0.1, 0.15) is 5.69 Å². The molecule has 4 nitrogen and oxygen atoms in total. The van der Waals surface area contributed by atoms with E-state index in [0.29, 0.717) is 5.69 Å². The SMILES string of the molecule is Cc1nn(C)c(N(C)CC(F)(F)F)c1N. The van der Waals surface area contributed by atoms with E-state index in [1.54, 1.807) is 14.0 Å². The van der Waals surface area contributed by atoms with Crippen LogP contribution in [0.15, 0.2) is 0 Å². The second kappa shape index (κ2) is 3.63. The van der Waals surface area contributed by atoms with Gasteiger partial charge in [-0.15, -0.1) is 0 Å². The van der Waals surface area contributed by atoms with Gasteiger partial charge in [0.15, 0.2) is 0 Å². The van der Waals surface area contributed by atoms with Gasteiger partial charge in [0.2, 0.25) is 0 Å². The first kappa shape index (κ1) is 11.7. The van der Waals surface area contributed by atoms with E-state index in [0.717, 1.165) is 4.90 Å². The second-order valence-corrected chi connectivity index (χ2v) is 3.42. The highest BCUT2D eigenvalue weighted by molar-refractivity contribution is 5.65. The van der Waals surface area contributed by atoms with Crippen LogP contribution in [0.25, 0.3) is 0 Å². The Morgan fingerprint density at radius 3 is 2.33 bits per heavy atom. The van der Waals surface area contributed by atoms with Crippen LogP contribution in [0.4, 0.5) is 24.7 Å². The van der Waals surface area contributed by atoms with Crippen molar-refractivity contribution in [1.82, 2.24) is 9.78 Å². The van der Waals surface area contributed by atoms with Crippen molar-refractivity contribution in [2.24, 2.45) is 7.05 Å². The van der Waals surface area contributed by atoms with E-state index in [1.165, 1.54) is 11.7 Å². The van der Waals surface area contributed by atoms with Crippen LogP contribution in [-0.2, 0) is 7.05 Å². The van der Waals surface area contributed by atoms with Crippen molar-refractivity contribution in [1.29, 1.82) is 0 Å². The fourth-order valence-corrected chi connectivity index (χ4v) is 1.46. The van der Waals surface area contributed by atoms with E-state index in [1.807, 2.05) is 0 Å². The Bertz CT molecular complexity index is 356. The molecule has 0 bridgehead atoms. The molecule has 0 aliphatic carbocycles. The molecule has 1 aromatic rings. The predicted octanol–water partition coefficient (Wildman–Crippen LogP) is 1.31. The van der Waals surface area contributed by atoms with Gasteiger partial charge in [-0.25, -0.2) is 0 Å². The molecule has 0 fully saturated rings. The van der Waals surface area contributed by atoms with Gasteiger partial charge < -0.3 is 10.6 Å². The summed E-state index contributed by atoms with van der Waals surface area (Å²) in [5, 5.41) is 3.94. The van der Waals surface area contributed by atoms with Gasteiger partial charge in [-0.1, -0.05) is 0 Å². The maximum Gasteiger partial charge on any atom is 0.405 e. The molecule has 0 spiro atoms. The van der Waals surface area contributed by atoms with Crippen molar-refractivity contribution in [2.45, 2.75) is 13.1 Å². The molecule has 0 saturated carbocycles. The highest BCUT2D eigenvalue weighted by Crippen LogP contribution is 2.27. The Balaban J connectivity index is 2.96. The smallest absolute Gasteiger partial charge is 0.394 e. The summed E-state index contributed by atoms with van der Waals surface area (Å²) in [6, 6.07) is 0. The number of halogens is 3. The summed E-state index contributed by atoms with van der Waals surface area (Å²) in [6.07, 6.45) is -4.25. The lowest BCUT2D eigenvalue weighted by molar-refractivity contribution is -0.119.